The van der Waals surface area contributed by atoms with Gasteiger partial charge in [-0.15, -0.1) is 11.6 Å². The summed E-state index contributed by atoms with van der Waals surface area (Å²) in [6, 6.07) is 4.26. The zero-order valence-corrected chi connectivity index (χ0v) is 20.9. The number of carbonyl (C=O) groups is 2. The van der Waals surface area contributed by atoms with Gasteiger partial charge in [0.05, 0.1) is 0 Å². The third kappa shape index (κ3) is 4.00. The van der Waals surface area contributed by atoms with Gasteiger partial charge in [-0.1, -0.05) is 37.6 Å². The van der Waals surface area contributed by atoms with Gasteiger partial charge >= 0.3 is 5.97 Å². The lowest BCUT2D eigenvalue weighted by atomic mass is 9.47. The van der Waals surface area contributed by atoms with E-state index in [9.17, 15) is 9.59 Å². The van der Waals surface area contributed by atoms with Gasteiger partial charge in [-0.25, -0.2) is 0 Å². The monoisotopic (exact) mass is 482 g/mol. The Kier molecular flexibility index (Phi) is 6.34. The number of halogens is 1. The molecule has 34 heavy (non-hydrogen) atoms. The third-order valence-corrected chi connectivity index (χ3v) is 9.70. The SMILES string of the molecule is CC12CCC(OC(=O)CNC(=O)CCl)CC1=CCC1C2CCC2(C)C(c3cccnc3)=CCC12. The van der Waals surface area contributed by atoms with Crippen molar-refractivity contribution in [2.45, 2.75) is 64.9 Å². The molecule has 2 fully saturated rings. The van der Waals surface area contributed by atoms with Gasteiger partial charge in [0.2, 0.25) is 5.91 Å². The minimum atomic E-state index is -0.380. The molecule has 0 aromatic carbocycles. The van der Waals surface area contributed by atoms with Crippen LogP contribution < -0.4 is 5.32 Å². The van der Waals surface area contributed by atoms with Crippen molar-refractivity contribution in [1.82, 2.24) is 10.3 Å². The third-order valence-electron chi connectivity index (χ3n) is 9.46. The number of allylic oxidation sites excluding steroid dienone is 3. The number of ether oxygens (including phenoxy) is 1. The summed E-state index contributed by atoms with van der Waals surface area (Å²) in [7, 11) is 0. The van der Waals surface area contributed by atoms with Gasteiger partial charge in [0.1, 0.15) is 18.5 Å². The molecule has 0 saturated heterocycles. The average molecular weight is 483 g/mol. The van der Waals surface area contributed by atoms with Crippen molar-refractivity contribution in [3.63, 3.8) is 0 Å². The van der Waals surface area contributed by atoms with E-state index in [1.807, 2.05) is 18.5 Å². The van der Waals surface area contributed by atoms with Crippen LogP contribution in [-0.4, -0.2) is 35.4 Å². The molecule has 6 unspecified atom stereocenters. The smallest absolute Gasteiger partial charge is 0.325 e. The van der Waals surface area contributed by atoms with Crippen molar-refractivity contribution < 1.29 is 14.3 Å². The summed E-state index contributed by atoms with van der Waals surface area (Å²) in [5.74, 6) is 1.18. The fourth-order valence-electron chi connectivity index (χ4n) is 7.71. The Morgan fingerprint density at radius 1 is 1.15 bits per heavy atom. The number of aromatic nitrogens is 1. The number of rotatable bonds is 5. The minimum Gasteiger partial charge on any atom is -0.461 e. The standard InChI is InChI=1S/C28H35ClN2O3/c1-27-11-9-20(34-26(33)17-31-25(32)15-29)14-19(27)5-6-21-23-8-7-22(18-4-3-13-30-16-18)28(23,2)12-10-24(21)27/h3-5,7,13,16,20-21,23-24H,6,8-12,14-15,17H2,1-2H3,(H,31,32). The number of hydrogen-bond acceptors (Lipinski definition) is 4. The second kappa shape index (κ2) is 9.14. The van der Waals surface area contributed by atoms with Crippen LogP contribution in [0, 0.1) is 28.6 Å². The zero-order valence-electron chi connectivity index (χ0n) is 20.2. The highest BCUT2D eigenvalue weighted by Crippen LogP contribution is 2.66. The molecule has 182 valence electrons. The van der Waals surface area contributed by atoms with E-state index in [0.717, 1.165) is 32.1 Å². The lowest BCUT2D eigenvalue weighted by Crippen LogP contribution is -2.50. The fraction of sp³-hybridized carbons (Fsp3) is 0.607. The highest BCUT2D eigenvalue weighted by Gasteiger charge is 2.57. The number of fused-ring (bicyclic) bond motifs is 5. The van der Waals surface area contributed by atoms with E-state index in [2.05, 4.69) is 42.4 Å². The topological polar surface area (TPSA) is 68.3 Å². The van der Waals surface area contributed by atoms with Gasteiger partial charge in [0.25, 0.3) is 0 Å². The Balaban J connectivity index is 1.28. The normalized spacial score (nSPS) is 36.3. The highest BCUT2D eigenvalue weighted by atomic mass is 35.5. The number of hydrogen-bond donors (Lipinski definition) is 1. The molecular formula is C28H35ClN2O3. The van der Waals surface area contributed by atoms with Gasteiger partial charge in [-0.2, -0.15) is 0 Å². The number of nitrogens with one attached hydrogen (secondary N) is 1. The average Bonchev–Trinajstić information content (AvgIpc) is 3.20. The Labute approximate surface area is 207 Å². The van der Waals surface area contributed by atoms with Crippen LogP contribution in [0.25, 0.3) is 5.57 Å². The van der Waals surface area contributed by atoms with Gasteiger partial charge in [-0.05, 0) is 84.3 Å². The van der Waals surface area contributed by atoms with E-state index < -0.39 is 0 Å². The summed E-state index contributed by atoms with van der Waals surface area (Å²) < 4.78 is 5.71. The van der Waals surface area contributed by atoms with Crippen LogP contribution in [0.15, 0.2) is 42.3 Å². The summed E-state index contributed by atoms with van der Waals surface area (Å²) in [6.45, 7) is 4.83. The fourth-order valence-corrected chi connectivity index (χ4v) is 7.81. The number of esters is 1. The molecule has 4 aliphatic carbocycles. The molecule has 1 aromatic heterocycles. The first-order valence-corrected chi connectivity index (χ1v) is 13.2. The van der Waals surface area contributed by atoms with Crippen molar-refractivity contribution in [2.24, 2.45) is 28.6 Å². The largest absolute Gasteiger partial charge is 0.461 e. The summed E-state index contributed by atoms with van der Waals surface area (Å²) in [5, 5.41) is 2.49. The van der Waals surface area contributed by atoms with Crippen molar-refractivity contribution in [2.75, 3.05) is 12.4 Å². The molecule has 6 atom stereocenters. The lowest BCUT2D eigenvalue weighted by molar-refractivity contribution is -0.151. The summed E-state index contributed by atoms with van der Waals surface area (Å²) in [6.07, 6.45) is 16.3. The van der Waals surface area contributed by atoms with Crippen molar-refractivity contribution in [1.29, 1.82) is 0 Å². The predicted molar refractivity (Wildman–Crippen MR) is 133 cm³/mol. The molecule has 0 spiro atoms. The zero-order chi connectivity index (χ0) is 23.9. The molecule has 5 rings (SSSR count). The first-order valence-electron chi connectivity index (χ1n) is 12.7. The van der Waals surface area contributed by atoms with Crippen LogP contribution in [-0.2, 0) is 14.3 Å². The van der Waals surface area contributed by atoms with Crippen LogP contribution in [0.5, 0.6) is 0 Å². The minimum absolute atomic E-state index is 0.101. The summed E-state index contributed by atoms with van der Waals surface area (Å²) >= 11 is 5.48. The van der Waals surface area contributed by atoms with Crippen LogP contribution in [0.4, 0.5) is 0 Å². The number of nitrogens with zero attached hydrogens (tertiary/aromatic N) is 1. The molecule has 5 nitrogen and oxygen atoms in total. The van der Waals surface area contributed by atoms with E-state index >= 15 is 0 Å². The van der Waals surface area contributed by atoms with Crippen molar-refractivity contribution in [3.8, 4) is 0 Å². The Bertz CT molecular complexity index is 1020. The van der Waals surface area contributed by atoms with E-state index in [4.69, 9.17) is 16.3 Å². The number of carbonyl (C=O) groups excluding carboxylic acids is 2. The van der Waals surface area contributed by atoms with Crippen LogP contribution in [0.2, 0.25) is 0 Å². The molecular weight excluding hydrogens is 448 g/mol. The molecule has 0 aliphatic heterocycles. The van der Waals surface area contributed by atoms with Gasteiger partial charge < -0.3 is 10.1 Å². The first kappa shape index (κ1) is 23.6. The van der Waals surface area contributed by atoms with Crippen molar-refractivity contribution in [3.05, 3.63) is 47.8 Å². The highest BCUT2D eigenvalue weighted by molar-refractivity contribution is 6.27. The summed E-state index contributed by atoms with van der Waals surface area (Å²) in [4.78, 5) is 27.9. The molecule has 1 aromatic rings. The van der Waals surface area contributed by atoms with E-state index in [1.54, 1.807) is 0 Å². The van der Waals surface area contributed by atoms with Crippen LogP contribution in [0.1, 0.15) is 64.4 Å². The maximum Gasteiger partial charge on any atom is 0.325 e. The molecule has 2 saturated carbocycles. The Morgan fingerprint density at radius 2 is 1.97 bits per heavy atom. The first-order chi connectivity index (χ1) is 16.3. The van der Waals surface area contributed by atoms with E-state index in [0.29, 0.717) is 17.8 Å². The maximum atomic E-state index is 12.2. The van der Waals surface area contributed by atoms with E-state index in [-0.39, 0.29) is 41.2 Å². The molecule has 4 aliphatic rings. The van der Waals surface area contributed by atoms with Gasteiger partial charge in [0, 0.05) is 18.8 Å². The number of alkyl halides is 1. The van der Waals surface area contributed by atoms with Gasteiger partial charge in [0.15, 0.2) is 0 Å². The number of amides is 1. The molecule has 1 N–H and O–H groups in total. The molecule has 6 heteroatoms. The lowest BCUT2D eigenvalue weighted by Gasteiger charge is -2.57. The molecule has 0 radical (unpaired) electrons. The van der Waals surface area contributed by atoms with E-state index in [1.165, 1.54) is 29.6 Å². The van der Waals surface area contributed by atoms with Crippen molar-refractivity contribution >= 4 is 29.1 Å². The Hall–Kier alpha value is -2.14. The number of pyridine rings is 1. The molecule has 0 bridgehead atoms. The summed E-state index contributed by atoms with van der Waals surface area (Å²) in [5.41, 5.74) is 4.68. The van der Waals surface area contributed by atoms with Gasteiger partial charge in [-0.3, -0.25) is 14.6 Å². The second-order valence-corrected chi connectivity index (χ2v) is 11.3. The quantitative estimate of drug-likeness (QED) is 0.351. The Morgan fingerprint density at radius 3 is 2.74 bits per heavy atom. The van der Waals surface area contributed by atoms with Crippen LogP contribution >= 0.6 is 11.6 Å². The predicted octanol–water partition coefficient (Wildman–Crippen LogP) is 5.30. The molecule has 1 amide bonds. The molecule has 1 heterocycles. The second-order valence-electron chi connectivity index (χ2n) is 11.1. The maximum absolute atomic E-state index is 12.2. The van der Waals surface area contributed by atoms with Crippen LogP contribution in [0.3, 0.4) is 0 Å².